The minimum atomic E-state index is -3.26. The fourth-order valence-corrected chi connectivity index (χ4v) is 3.65. The quantitative estimate of drug-likeness (QED) is 0.685. The van der Waals surface area contributed by atoms with Gasteiger partial charge in [0.1, 0.15) is 6.04 Å². The topological polar surface area (TPSA) is 63.7 Å². The number of hydrogen-bond acceptors (Lipinski definition) is 4. The van der Waals surface area contributed by atoms with Gasteiger partial charge in [0.2, 0.25) is 10.0 Å². The molecule has 6 heteroatoms. The molecule has 0 amide bonds. The van der Waals surface area contributed by atoms with Gasteiger partial charge in [-0.2, -0.15) is 4.31 Å². The first-order valence-corrected chi connectivity index (χ1v) is 7.15. The number of hydrogen-bond donors (Lipinski definition) is 0. The Kier molecular flexibility index (Phi) is 4.32. The highest BCUT2D eigenvalue weighted by Gasteiger charge is 2.42. The molecule has 1 aliphatic heterocycles. The summed E-state index contributed by atoms with van der Waals surface area (Å²) in [6, 6.07) is -0.618. The van der Waals surface area contributed by atoms with E-state index < -0.39 is 22.0 Å². The molecule has 94 valence electrons. The monoisotopic (exact) mass is 249 g/mol. The molecule has 0 aromatic rings. The summed E-state index contributed by atoms with van der Waals surface area (Å²) in [6.45, 7) is 6.23. The van der Waals surface area contributed by atoms with Crippen LogP contribution in [0.3, 0.4) is 0 Å². The molecule has 0 spiro atoms. The number of carbonyl (C=O) groups is 1. The normalized spacial score (nSPS) is 24.9. The van der Waals surface area contributed by atoms with Gasteiger partial charge in [-0.3, -0.25) is 4.79 Å². The van der Waals surface area contributed by atoms with E-state index >= 15 is 0 Å². The zero-order valence-electron chi connectivity index (χ0n) is 9.97. The van der Waals surface area contributed by atoms with Gasteiger partial charge < -0.3 is 4.74 Å². The Bertz CT molecular complexity index is 350. The number of carbonyl (C=O) groups excluding carboxylic acids is 1. The summed E-state index contributed by atoms with van der Waals surface area (Å²) in [7, 11) is -3.26. The SMILES string of the molecule is CCOC(=O)C1CCS(=O)(=O)N1CC(C)C. The molecule has 0 aromatic carbocycles. The molecule has 0 N–H and O–H groups in total. The van der Waals surface area contributed by atoms with Gasteiger partial charge in [-0.25, -0.2) is 8.42 Å². The van der Waals surface area contributed by atoms with Crippen molar-refractivity contribution in [3.05, 3.63) is 0 Å². The lowest BCUT2D eigenvalue weighted by atomic mass is 10.2. The molecule has 1 aliphatic rings. The highest BCUT2D eigenvalue weighted by Crippen LogP contribution is 2.23. The Labute approximate surface area is 96.8 Å². The highest BCUT2D eigenvalue weighted by atomic mass is 32.2. The molecule has 1 heterocycles. The third kappa shape index (κ3) is 2.95. The molecule has 0 aliphatic carbocycles. The van der Waals surface area contributed by atoms with Crippen molar-refractivity contribution in [2.45, 2.75) is 33.2 Å². The van der Waals surface area contributed by atoms with Crippen LogP contribution in [0.5, 0.6) is 0 Å². The molecule has 1 atom stereocenters. The van der Waals surface area contributed by atoms with Gasteiger partial charge in [-0.15, -0.1) is 0 Å². The summed E-state index contributed by atoms with van der Waals surface area (Å²) in [6.07, 6.45) is 0.341. The van der Waals surface area contributed by atoms with Crippen molar-refractivity contribution >= 4 is 16.0 Å². The lowest BCUT2D eigenvalue weighted by Crippen LogP contribution is -2.41. The van der Waals surface area contributed by atoms with Gasteiger partial charge >= 0.3 is 5.97 Å². The number of sulfonamides is 1. The molecule has 0 radical (unpaired) electrons. The molecular weight excluding hydrogens is 230 g/mol. The number of rotatable bonds is 4. The second kappa shape index (κ2) is 5.14. The average molecular weight is 249 g/mol. The van der Waals surface area contributed by atoms with Crippen LogP contribution in [0.25, 0.3) is 0 Å². The summed E-state index contributed by atoms with van der Waals surface area (Å²) in [5, 5.41) is 0. The van der Waals surface area contributed by atoms with E-state index in [0.717, 1.165) is 0 Å². The van der Waals surface area contributed by atoms with Crippen molar-refractivity contribution in [2.75, 3.05) is 18.9 Å². The number of ether oxygens (including phenoxy) is 1. The van der Waals surface area contributed by atoms with Crippen LogP contribution < -0.4 is 0 Å². The molecule has 1 unspecified atom stereocenters. The van der Waals surface area contributed by atoms with Crippen molar-refractivity contribution in [1.82, 2.24) is 4.31 Å². The van der Waals surface area contributed by atoms with Crippen LogP contribution in [0.4, 0.5) is 0 Å². The van der Waals surface area contributed by atoms with Gasteiger partial charge in [0, 0.05) is 6.54 Å². The molecule has 1 rings (SSSR count). The third-order valence-corrected chi connectivity index (χ3v) is 4.33. The number of nitrogens with zero attached hydrogens (tertiary/aromatic N) is 1. The Morgan fingerprint density at radius 2 is 2.12 bits per heavy atom. The second-order valence-electron chi connectivity index (χ2n) is 4.34. The van der Waals surface area contributed by atoms with E-state index in [1.54, 1.807) is 6.92 Å². The summed E-state index contributed by atoms with van der Waals surface area (Å²) in [5.74, 6) is -0.183. The van der Waals surface area contributed by atoms with Crippen LogP contribution in [-0.2, 0) is 19.6 Å². The van der Waals surface area contributed by atoms with E-state index in [1.165, 1.54) is 4.31 Å². The van der Waals surface area contributed by atoms with E-state index in [0.29, 0.717) is 13.0 Å². The Hall–Kier alpha value is -0.620. The Balaban J connectivity index is 2.81. The molecule has 1 fully saturated rings. The molecule has 0 bridgehead atoms. The van der Waals surface area contributed by atoms with E-state index in [-0.39, 0.29) is 18.3 Å². The first kappa shape index (κ1) is 13.4. The van der Waals surface area contributed by atoms with Crippen LogP contribution in [0, 0.1) is 5.92 Å². The van der Waals surface area contributed by atoms with Crippen molar-refractivity contribution < 1.29 is 17.9 Å². The summed E-state index contributed by atoms with van der Waals surface area (Å²) < 4.78 is 29.6. The maximum absolute atomic E-state index is 11.7. The predicted octanol–water partition coefficient (Wildman–Crippen LogP) is 0.610. The van der Waals surface area contributed by atoms with Gasteiger partial charge in [-0.1, -0.05) is 13.8 Å². The highest BCUT2D eigenvalue weighted by molar-refractivity contribution is 7.89. The molecule has 16 heavy (non-hydrogen) atoms. The smallest absolute Gasteiger partial charge is 0.324 e. The maximum atomic E-state index is 11.7. The minimum absolute atomic E-state index is 0.0448. The minimum Gasteiger partial charge on any atom is -0.465 e. The summed E-state index contributed by atoms with van der Waals surface area (Å²) >= 11 is 0. The summed E-state index contributed by atoms with van der Waals surface area (Å²) in [4.78, 5) is 11.6. The standard InChI is InChI=1S/C10H19NO4S/c1-4-15-10(12)9-5-6-16(13,14)11(9)7-8(2)3/h8-9H,4-7H2,1-3H3. The number of esters is 1. The maximum Gasteiger partial charge on any atom is 0.324 e. The predicted molar refractivity (Wildman–Crippen MR) is 60.4 cm³/mol. The van der Waals surface area contributed by atoms with E-state index in [1.807, 2.05) is 13.8 Å². The zero-order valence-corrected chi connectivity index (χ0v) is 10.8. The molecular formula is C10H19NO4S. The Morgan fingerprint density at radius 3 is 2.62 bits per heavy atom. The molecule has 0 saturated carbocycles. The van der Waals surface area contributed by atoms with E-state index in [9.17, 15) is 13.2 Å². The van der Waals surface area contributed by atoms with Crippen molar-refractivity contribution in [1.29, 1.82) is 0 Å². The van der Waals surface area contributed by atoms with Crippen molar-refractivity contribution in [3.8, 4) is 0 Å². The largest absolute Gasteiger partial charge is 0.465 e. The molecule has 5 nitrogen and oxygen atoms in total. The van der Waals surface area contributed by atoms with Gasteiger partial charge in [0.25, 0.3) is 0 Å². The van der Waals surface area contributed by atoms with Gasteiger partial charge in [-0.05, 0) is 19.3 Å². The van der Waals surface area contributed by atoms with Gasteiger partial charge in [0.15, 0.2) is 0 Å². The van der Waals surface area contributed by atoms with Gasteiger partial charge in [0.05, 0.1) is 12.4 Å². The van der Waals surface area contributed by atoms with Crippen molar-refractivity contribution in [2.24, 2.45) is 5.92 Å². The third-order valence-electron chi connectivity index (χ3n) is 2.46. The van der Waals surface area contributed by atoms with Crippen LogP contribution in [0.2, 0.25) is 0 Å². The van der Waals surface area contributed by atoms with Crippen LogP contribution in [0.15, 0.2) is 0 Å². The average Bonchev–Trinajstić information content (AvgIpc) is 2.42. The zero-order chi connectivity index (χ0) is 12.3. The van der Waals surface area contributed by atoms with Crippen molar-refractivity contribution in [3.63, 3.8) is 0 Å². The molecule has 1 saturated heterocycles. The lowest BCUT2D eigenvalue weighted by Gasteiger charge is -2.22. The summed E-state index contributed by atoms with van der Waals surface area (Å²) in [5.41, 5.74) is 0. The fourth-order valence-electron chi connectivity index (χ4n) is 1.79. The molecule has 0 aromatic heterocycles. The second-order valence-corrected chi connectivity index (χ2v) is 6.38. The Morgan fingerprint density at radius 1 is 1.50 bits per heavy atom. The van der Waals surface area contributed by atoms with E-state index in [2.05, 4.69) is 0 Å². The van der Waals surface area contributed by atoms with Crippen LogP contribution >= 0.6 is 0 Å². The fraction of sp³-hybridized carbons (Fsp3) is 0.900. The van der Waals surface area contributed by atoms with Crippen LogP contribution in [0.1, 0.15) is 27.2 Å². The first-order valence-electron chi connectivity index (χ1n) is 5.54. The van der Waals surface area contributed by atoms with E-state index in [4.69, 9.17) is 4.74 Å². The van der Waals surface area contributed by atoms with Crippen LogP contribution in [-0.4, -0.2) is 43.6 Å². The lowest BCUT2D eigenvalue weighted by molar-refractivity contribution is -0.147. The first-order chi connectivity index (χ1) is 7.38.